The average molecular weight is 253 g/mol. The Balaban J connectivity index is 1.83. The molecule has 1 aliphatic heterocycles. The van der Waals surface area contributed by atoms with E-state index in [1.807, 2.05) is 6.92 Å². The Labute approximate surface area is 106 Å². The fraction of sp³-hybridized carbons (Fsp3) is 0.750. The Bertz CT molecular complexity index is 424. The van der Waals surface area contributed by atoms with Crippen molar-refractivity contribution in [3.8, 4) is 0 Å². The molecule has 1 aliphatic rings. The number of carbonyl (C=O) groups is 1. The molecule has 0 radical (unpaired) electrons. The number of aromatic nitrogens is 2. The van der Waals surface area contributed by atoms with Crippen molar-refractivity contribution in [2.75, 3.05) is 13.2 Å². The third kappa shape index (κ3) is 2.87. The molecular formula is C12H19N3O3. The van der Waals surface area contributed by atoms with Crippen LogP contribution in [0.15, 0.2) is 4.52 Å². The van der Waals surface area contributed by atoms with E-state index in [1.54, 1.807) is 0 Å². The zero-order valence-corrected chi connectivity index (χ0v) is 11.0. The molecule has 1 aromatic rings. The second-order valence-corrected chi connectivity index (χ2v) is 5.44. The van der Waals surface area contributed by atoms with Gasteiger partial charge in [0.05, 0.1) is 25.2 Å². The molecule has 0 atom stereocenters. The van der Waals surface area contributed by atoms with E-state index >= 15 is 0 Å². The van der Waals surface area contributed by atoms with E-state index in [1.165, 1.54) is 0 Å². The maximum absolute atomic E-state index is 11.8. The summed E-state index contributed by atoms with van der Waals surface area (Å²) in [6, 6.07) is 0. The zero-order valence-electron chi connectivity index (χ0n) is 11.0. The highest BCUT2D eigenvalue weighted by Crippen LogP contribution is 2.26. The van der Waals surface area contributed by atoms with Gasteiger partial charge in [-0.3, -0.25) is 4.79 Å². The van der Waals surface area contributed by atoms with Gasteiger partial charge in [-0.25, -0.2) is 0 Å². The van der Waals surface area contributed by atoms with Gasteiger partial charge in [-0.1, -0.05) is 19.0 Å². The van der Waals surface area contributed by atoms with E-state index in [0.29, 0.717) is 30.8 Å². The standard InChI is InChI=1S/C12H19N3O3/c1-8(2)4-9-14-10(18-15-9)5-13-11(16)12(3)6-17-7-12/h8H,4-7H2,1-3H3,(H,13,16). The predicted octanol–water partition coefficient (Wildman–Crippen LogP) is 0.921. The third-order valence-electron chi connectivity index (χ3n) is 2.89. The van der Waals surface area contributed by atoms with E-state index in [4.69, 9.17) is 9.26 Å². The Morgan fingerprint density at radius 3 is 2.78 bits per heavy atom. The average Bonchev–Trinajstić information content (AvgIpc) is 2.69. The number of carbonyl (C=O) groups excluding carboxylic acids is 1. The first-order valence-electron chi connectivity index (χ1n) is 6.17. The molecule has 1 fully saturated rings. The van der Waals surface area contributed by atoms with Crippen molar-refractivity contribution < 1.29 is 14.1 Å². The molecule has 2 heterocycles. The molecule has 0 unspecified atom stereocenters. The van der Waals surface area contributed by atoms with Gasteiger partial charge in [-0.05, 0) is 12.8 Å². The van der Waals surface area contributed by atoms with Gasteiger partial charge < -0.3 is 14.6 Å². The van der Waals surface area contributed by atoms with E-state index < -0.39 is 5.41 Å². The Morgan fingerprint density at radius 2 is 2.22 bits per heavy atom. The van der Waals surface area contributed by atoms with Gasteiger partial charge in [0.15, 0.2) is 5.82 Å². The minimum Gasteiger partial charge on any atom is -0.379 e. The number of ether oxygens (including phenoxy) is 1. The second-order valence-electron chi connectivity index (χ2n) is 5.44. The van der Waals surface area contributed by atoms with Crippen molar-refractivity contribution >= 4 is 5.91 Å². The lowest BCUT2D eigenvalue weighted by molar-refractivity contribution is -0.157. The fourth-order valence-corrected chi connectivity index (χ4v) is 1.72. The van der Waals surface area contributed by atoms with Crippen LogP contribution in [0, 0.1) is 11.3 Å². The number of hydrogen-bond donors (Lipinski definition) is 1. The van der Waals surface area contributed by atoms with Crippen LogP contribution in [-0.2, 0) is 22.5 Å². The second kappa shape index (κ2) is 5.06. The van der Waals surface area contributed by atoms with Crippen LogP contribution in [0.4, 0.5) is 0 Å². The molecule has 6 heteroatoms. The smallest absolute Gasteiger partial charge is 0.246 e. The number of nitrogens with zero attached hydrogens (tertiary/aromatic N) is 2. The van der Waals surface area contributed by atoms with Crippen molar-refractivity contribution in [2.24, 2.45) is 11.3 Å². The van der Waals surface area contributed by atoms with Gasteiger partial charge in [-0.2, -0.15) is 4.98 Å². The van der Waals surface area contributed by atoms with Crippen molar-refractivity contribution in [1.82, 2.24) is 15.5 Å². The summed E-state index contributed by atoms with van der Waals surface area (Å²) in [5, 5.41) is 6.66. The van der Waals surface area contributed by atoms with Crippen LogP contribution in [0.2, 0.25) is 0 Å². The van der Waals surface area contributed by atoms with E-state index in [0.717, 1.165) is 6.42 Å². The molecule has 18 heavy (non-hydrogen) atoms. The van der Waals surface area contributed by atoms with Crippen LogP contribution < -0.4 is 5.32 Å². The normalized spacial score (nSPS) is 17.6. The largest absolute Gasteiger partial charge is 0.379 e. The molecule has 0 spiro atoms. The number of rotatable bonds is 5. The van der Waals surface area contributed by atoms with Gasteiger partial charge in [0, 0.05) is 6.42 Å². The number of hydrogen-bond acceptors (Lipinski definition) is 5. The lowest BCUT2D eigenvalue weighted by Crippen LogP contribution is -2.51. The highest BCUT2D eigenvalue weighted by atomic mass is 16.5. The fourth-order valence-electron chi connectivity index (χ4n) is 1.72. The third-order valence-corrected chi connectivity index (χ3v) is 2.89. The van der Waals surface area contributed by atoms with Crippen molar-refractivity contribution in [3.63, 3.8) is 0 Å². The van der Waals surface area contributed by atoms with E-state index in [9.17, 15) is 4.79 Å². The summed E-state index contributed by atoms with van der Waals surface area (Å²) in [5.41, 5.74) is -0.402. The van der Waals surface area contributed by atoms with Crippen LogP contribution in [0.25, 0.3) is 0 Å². The molecule has 6 nitrogen and oxygen atoms in total. The van der Waals surface area contributed by atoms with Crippen LogP contribution in [-0.4, -0.2) is 29.3 Å². The van der Waals surface area contributed by atoms with Crippen molar-refractivity contribution in [1.29, 1.82) is 0 Å². The SMILES string of the molecule is CC(C)Cc1noc(CNC(=O)C2(C)COC2)n1. The quantitative estimate of drug-likeness (QED) is 0.844. The Morgan fingerprint density at radius 1 is 1.50 bits per heavy atom. The molecule has 0 bridgehead atoms. The first-order valence-corrected chi connectivity index (χ1v) is 6.17. The lowest BCUT2D eigenvalue weighted by atomic mass is 9.88. The highest BCUT2D eigenvalue weighted by Gasteiger charge is 2.40. The van der Waals surface area contributed by atoms with Crippen LogP contribution in [0.3, 0.4) is 0 Å². The topological polar surface area (TPSA) is 77.2 Å². The number of nitrogens with one attached hydrogen (secondary N) is 1. The molecule has 2 rings (SSSR count). The summed E-state index contributed by atoms with van der Waals surface area (Å²) in [7, 11) is 0. The van der Waals surface area contributed by atoms with Crippen LogP contribution >= 0.6 is 0 Å². The van der Waals surface area contributed by atoms with Crippen LogP contribution in [0.5, 0.6) is 0 Å². The lowest BCUT2D eigenvalue weighted by Gasteiger charge is -2.36. The summed E-state index contributed by atoms with van der Waals surface area (Å²) in [4.78, 5) is 16.0. The van der Waals surface area contributed by atoms with Crippen molar-refractivity contribution in [3.05, 3.63) is 11.7 Å². The monoisotopic (exact) mass is 253 g/mol. The Hall–Kier alpha value is -1.43. The van der Waals surface area contributed by atoms with E-state index in [2.05, 4.69) is 29.3 Å². The maximum Gasteiger partial charge on any atom is 0.246 e. The van der Waals surface area contributed by atoms with Gasteiger partial charge >= 0.3 is 0 Å². The molecule has 1 saturated heterocycles. The molecule has 0 saturated carbocycles. The summed E-state index contributed by atoms with van der Waals surface area (Å²) in [6.45, 7) is 7.29. The molecular weight excluding hydrogens is 234 g/mol. The Kier molecular flexibility index (Phi) is 3.65. The van der Waals surface area contributed by atoms with Gasteiger partial charge in [0.1, 0.15) is 0 Å². The van der Waals surface area contributed by atoms with Crippen LogP contribution in [0.1, 0.15) is 32.5 Å². The maximum atomic E-state index is 11.8. The van der Waals surface area contributed by atoms with Gasteiger partial charge in [-0.15, -0.1) is 0 Å². The minimum absolute atomic E-state index is 0.0302. The summed E-state index contributed by atoms with van der Waals surface area (Å²) in [6.07, 6.45) is 0.781. The summed E-state index contributed by atoms with van der Waals surface area (Å²) in [5.74, 6) is 1.59. The molecule has 0 aromatic carbocycles. The first-order chi connectivity index (χ1) is 8.49. The summed E-state index contributed by atoms with van der Waals surface area (Å²) >= 11 is 0. The van der Waals surface area contributed by atoms with Gasteiger partial charge in [0.25, 0.3) is 0 Å². The molecule has 1 aromatic heterocycles. The molecule has 100 valence electrons. The molecule has 1 N–H and O–H groups in total. The summed E-state index contributed by atoms with van der Waals surface area (Å²) < 4.78 is 10.1. The highest BCUT2D eigenvalue weighted by molar-refractivity contribution is 5.83. The number of amides is 1. The van der Waals surface area contributed by atoms with E-state index in [-0.39, 0.29) is 12.5 Å². The first kappa shape index (κ1) is 13.0. The minimum atomic E-state index is -0.402. The zero-order chi connectivity index (χ0) is 13.2. The molecule has 1 amide bonds. The predicted molar refractivity (Wildman–Crippen MR) is 63.6 cm³/mol. The van der Waals surface area contributed by atoms with Crippen molar-refractivity contribution in [2.45, 2.75) is 33.7 Å². The van der Waals surface area contributed by atoms with Gasteiger partial charge in [0.2, 0.25) is 11.8 Å². The molecule has 0 aliphatic carbocycles.